The lowest BCUT2D eigenvalue weighted by Crippen LogP contribution is -2.54. The first kappa shape index (κ1) is 26.6. The SMILES string of the molecule is COc1cc(/C=C2\C(=O)NC(=O)N(c3cccc(Cl)c3)C2=O)cc(Cl)c1OCC(=O)Nc1ccccc1F. The summed E-state index contributed by atoms with van der Waals surface area (Å²) in [5, 5.41) is 4.79. The normalized spacial score (nSPS) is 14.4. The van der Waals surface area contributed by atoms with Crippen LogP contribution in [0.5, 0.6) is 11.5 Å². The number of carbonyl (C=O) groups excluding carboxylic acids is 4. The number of methoxy groups -OCH3 is 1. The first-order valence-corrected chi connectivity index (χ1v) is 11.6. The number of urea groups is 1. The van der Waals surface area contributed by atoms with Gasteiger partial charge in [-0.05, 0) is 54.1 Å². The van der Waals surface area contributed by atoms with Crippen molar-refractivity contribution in [3.8, 4) is 11.5 Å². The van der Waals surface area contributed by atoms with Crippen LogP contribution < -0.4 is 25.0 Å². The Labute approximate surface area is 225 Å². The van der Waals surface area contributed by atoms with Crippen molar-refractivity contribution in [3.05, 3.63) is 87.7 Å². The number of benzene rings is 3. The largest absolute Gasteiger partial charge is 0.493 e. The number of nitrogens with zero attached hydrogens (tertiary/aromatic N) is 1. The highest BCUT2D eigenvalue weighted by Crippen LogP contribution is 2.37. The van der Waals surface area contributed by atoms with Crippen molar-refractivity contribution in [1.82, 2.24) is 5.32 Å². The summed E-state index contributed by atoms with van der Waals surface area (Å²) < 4.78 is 24.6. The van der Waals surface area contributed by atoms with E-state index >= 15 is 0 Å². The van der Waals surface area contributed by atoms with E-state index in [1.165, 1.54) is 55.7 Å². The van der Waals surface area contributed by atoms with Gasteiger partial charge in [0.1, 0.15) is 11.4 Å². The predicted octanol–water partition coefficient (Wildman–Crippen LogP) is 4.83. The Morgan fingerprint density at radius 2 is 1.84 bits per heavy atom. The monoisotopic (exact) mass is 557 g/mol. The van der Waals surface area contributed by atoms with Crippen LogP contribution in [0.25, 0.3) is 6.08 Å². The first-order chi connectivity index (χ1) is 18.2. The minimum atomic E-state index is -0.924. The molecule has 3 aromatic rings. The Morgan fingerprint density at radius 1 is 1.08 bits per heavy atom. The summed E-state index contributed by atoms with van der Waals surface area (Å²) in [4.78, 5) is 51.0. The second-order valence-corrected chi connectivity index (χ2v) is 8.63. The van der Waals surface area contributed by atoms with E-state index in [9.17, 15) is 23.6 Å². The average molecular weight is 558 g/mol. The van der Waals surface area contributed by atoms with Crippen LogP contribution in [0.3, 0.4) is 0 Å². The molecule has 9 nitrogen and oxygen atoms in total. The van der Waals surface area contributed by atoms with Crippen LogP contribution in [-0.4, -0.2) is 37.5 Å². The zero-order valence-corrected chi connectivity index (χ0v) is 21.1. The van der Waals surface area contributed by atoms with E-state index in [1.807, 2.05) is 0 Å². The van der Waals surface area contributed by atoms with Gasteiger partial charge in [0.25, 0.3) is 17.7 Å². The second-order valence-electron chi connectivity index (χ2n) is 7.79. The molecule has 1 aliphatic rings. The molecule has 0 spiro atoms. The van der Waals surface area contributed by atoms with Gasteiger partial charge in [-0.25, -0.2) is 14.1 Å². The Balaban J connectivity index is 1.57. The smallest absolute Gasteiger partial charge is 0.335 e. The number of hydrogen-bond donors (Lipinski definition) is 2. The third-order valence-corrected chi connectivity index (χ3v) is 5.74. The van der Waals surface area contributed by atoms with Gasteiger partial charge >= 0.3 is 6.03 Å². The molecule has 0 atom stereocenters. The molecule has 5 amide bonds. The first-order valence-electron chi connectivity index (χ1n) is 10.9. The Hall–Kier alpha value is -4.41. The standard InChI is InChI=1S/C26H18Cl2FN3O6/c1-37-21-11-14(10-18(28)23(21)38-13-22(33)30-20-8-3-2-7-19(20)29)9-17-24(34)31-26(36)32(25(17)35)16-6-4-5-15(27)12-16/h2-12H,13H2,1H3,(H,30,33)(H,31,34,36)/b17-9+. The molecule has 0 aromatic heterocycles. The molecule has 1 heterocycles. The van der Waals surface area contributed by atoms with Crippen molar-refractivity contribution in [1.29, 1.82) is 0 Å². The lowest BCUT2D eigenvalue weighted by Gasteiger charge is -2.26. The van der Waals surface area contributed by atoms with Crippen LogP contribution in [0.4, 0.5) is 20.6 Å². The van der Waals surface area contributed by atoms with Crippen LogP contribution in [0.15, 0.2) is 66.2 Å². The van der Waals surface area contributed by atoms with E-state index in [-0.39, 0.29) is 39.0 Å². The van der Waals surface area contributed by atoms with Crippen LogP contribution in [0.1, 0.15) is 5.56 Å². The topological polar surface area (TPSA) is 114 Å². The van der Waals surface area contributed by atoms with Crippen LogP contribution in [0, 0.1) is 5.82 Å². The number of para-hydroxylation sites is 1. The maximum Gasteiger partial charge on any atom is 0.335 e. The van der Waals surface area contributed by atoms with E-state index in [4.69, 9.17) is 32.7 Å². The second kappa shape index (κ2) is 11.3. The minimum Gasteiger partial charge on any atom is -0.493 e. The highest BCUT2D eigenvalue weighted by atomic mass is 35.5. The Morgan fingerprint density at radius 3 is 2.55 bits per heavy atom. The molecule has 0 radical (unpaired) electrons. The molecule has 0 bridgehead atoms. The van der Waals surface area contributed by atoms with Crippen molar-refractivity contribution >= 4 is 64.4 Å². The molecule has 0 unspecified atom stereocenters. The van der Waals surface area contributed by atoms with Gasteiger partial charge in [-0.2, -0.15) is 0 Å². The summed E-state index contributed by atoms with van der Waals surface area (Å²) in [6.45, 7) is -0.511. The molecule has 1 fully saturated rings. The van der Waals surface area contributed by atoms with E-state index in [0.717, 1.165) is 4.90 Å². The summed E-state index contributed by atoms with van der Waals surface area (Å²) in [5.74, 6) is -2.93. The molecule has 0 saturated carbocycles. The quantitative estimate of drug-likeness (QED) is 0.318. The molecule has 38 heavy (non-hydrogen) atoms. The third-order valence-electron chi connectivity index (χ3n) is 5.23. The van der Waals surface area contributed by atoms with Gasteiger partial charge in [0, 0.05) is 5.02 Å². The molecule has 0 aliphatic carbocycles. The van der Waals surface area contributed by atoms with Gasteiger partial charge in [0.15, 0.2) is 18.1 Å². The fourth-order valence-electron chi connectivity index (χ4n) is 3.52. The summed E-state index contributed by atoms with van der Waals surface area (Å²) >= 11 is 12.3. The van der Waals surface area contributed by atoms with Gasteiger partial charge in [0.2, 0.25) is 0 Å². The number of carbonyl (C=O) groups is 4. The van der Waals surface area contributed by atoms with Gasteiger partial charge in [0.05, 0.1) is 23.5 Å². The summed E-state index contributed by atoms with van der Waals surface area (Å²) in [7, 11) is 1.33. The van der Waals surface area contributed by atoms with E-state index < -0.39 is 36.2 Å². The maximum absolute atomic E-state index is 13.8. The number of hydrogen-bond acceptors (Lipinski definition) is 6. The van der Waals surface area contributed by atoms with Crippen molar-refractivity contribution < 1.29 is 33.0 Å². The number of imide groups is 2. The van der Waals surface area contributed by atoms with Crippen LogP contribution in [0.2, 0.25) is 10.0 Å². The third kappa shape index (κ3) is 5.77. The maximum atomic E-state index is 13.8. The number of amides is 5. The number of anilines is 2. The predicted molar refractivity (Wildman–Crippen MR) is 139 cm³/mol. The minimum absolute atomic E-state index is 0.00123. The molecule has 3 aromatic carbocycles. The lowest BCUT2D eigenvalue weighted by atomic mass is 10.1. The van der Waals surface area contributed by atoms with Gasteiger partial charge in [-0.1, -0.05) is 41.4 Å². The van der Waals surface area contributed by atoms with Gasteiger partial charge < -0.3 is 14.8 Å². The molecule has 1 saturated heterocycles. The van der Waals surface area contributed by atoms with E-state index in [0.29, 0.717) is 5.02 Å². The van der Waals surface area contributed by atoms with E-state index in [2.05, 4.69) is 10.6 Å². The number of barbiturate groups is 1. The number of rotatable bonds is 7. The molecular weight excluding hydrogens is 540 g/mol. The zero-order valence-electron chi connectivity index (χ0n) is 19.6. The molecule has 4 rings (SSSR count). The molecule has 2 N–H and O–H groups in total. The summed E-state index contributed by atoms with van der Waals surface area (Å²) in [6.07, 6.45) is 1.23. The fraction of sp³-hybridized carbons (Fsp3) is 0.0769. The molecule has 1 aliphatic heterocycles. The lowest BCUT2D eigenvalue weighted by molar-refractivity contribution is -0.122. The van der Waals surface area contributed by atoms with Crippen LogP contribution >= 0.6 is 23.2 Å². The zero-order chi connectivity index (χ0) is 27.4. The Bertz CT molecular complexity index is 1490. The van der Waals surface area contributed by atoms with Crippen molar-refractivity contribution in [2.75, 3.05) is 23.9 Å². The van der Waals surface area contributed by atoms with Crippen LogP contribution in [-0.2, 0) is 14.4 Å². The molecular formula is C26H18Cl2FN3O6. The van der Waals surface area contributed by atoms with Crippen molar-refractivity contribution in [3.63, 3.8) is 0 Å². The Kier molecular flexibility index (Phi) is 7.94. The fourth-order valence-corrected chi connectivity index (χ4v) is 3.98. The van der Waals surface area contributed by atoms with Gasteiger partial charge in [-0.15, -0.1) is 0 Å². The molecule has 194 valence electrons. The van der Waals surface area contributed by atoms with Crippen molar-refractivity contribution in [2.45, 2.75) is 0 Å². The number of nitrogens with one attached hydrogen (secondary N) is 2. The molecule has 12 heteroatoms. The summed E-state index contributed by atoms with van der Waals surface area (Å²) in [6, 6.07) is 13.5. The highest BCUT2D eigenvalue weighted by Gasteiger charge is 2.37. The highest BCUT2D eigenvalue weighted by molar-refractivity contribution is 6.39. The average Bonchev–Trinajstić information content (AvgIpc) is 2.87. The van der Waals surface area contributed by atoms with Crippen molar-refractivity contribution in [2.24, 2.45) is 0 Å². The van der Waals surface area contributed by atoms with Gasteiger partial charge in [-0.3, -0.25) is 19.7 Å². The number of ether oxygens (including phenoxy) is 2. The summed E-state index contributed by atoms with van der Waals surface area (Å²) in [5.41, 5.74) is 0.0859. The number of halogens is 3. The van der Waals surface area contributed by atoms with E-state index in [1.54, 1.807) is 18.2 Å².